The van der Waals surface area contributed by atoms with E-state index in [1.165, 1.54) is 12.0 Å². The van der Waals surface area contributed by atoms with E-state index in [-0.39, 0.29) is 21.7 Å². The molecule has 0 heterocycles. The average molecular weight is 719 g/mol. The van der Waals surface area contributed by atoms with Crippen molar-refractivity contribution in [3.05, 3.63) is 106 Å². The van der Waals surface area contributed by atoms with Gasteiger partial charge < -0.3 is 20.4 Å². The Labute approximate surface area is 323 Å². The molecule has 0 saturated carbocycles. The van der Waals surface area contributed by atoms with Gasteiger partial charge >= 0.3 is 0 Å². The zero-order valence-electron chi connectivity index (χ0n) is 36.0. The number of phenols is 2. The lowest BCUT2D eigenvalue weighted by Crippen LogP contribution is -2.23. The maximum atomic E-state index is 11.6. The molecule has 0 aromatic heterocycles. The van der Waals surface area contributed by atoms with Gasteiger partial charge in [-0.1, -0.05) is 123 Å². The van der Waals surface area contributed by atoms with Crippen LogP contribution in [0.5, 0.6) is 11.5 Å². The van der Waals surface area contributed by atoms with E-state index in [0.717, 1.165) is 57.0 Å². The van der Waals surface area contributed by atoms with Crippen molar-refractivity contribution in [2.45, 2.75) is 152 Å². The molecule has 0 aliphatic carbocycles. The Kier molecular flexibility index (Phi) is 11.9. The molecule has 288 valence electrons. The number of phenolic OH excluding ortho intramolecular Hbond substituents is 2. The number of nitrogens with one attached hydrogen (secondary N) is 1. The Hall–Kier alpha value is -3.92. The maximum Gasteiger partial charge on any atom is 0.123 e. The number of nitrogens with zero attached hydrogens (tertiary/aromatic N) is 1. The molecule has 0 amide bonds. The third-order valence-corrected chi connectivity index (χ3v) is 10.1. The summed E-state index contributed by atoms with van der Waals surface area (Å²) >= 11 is 0. The highest BCUT2D eigenvalue weighted by Gasteiger charge is 2.30. The van der Waals surface area contributed by atoms with Crippen LogP contribution in [0.3, 0.4) is 0 Å². The molecule has 1 atom stereocenters. The van der Waals surface area contributed by atoms with Crippen molar-refractivity contribution in [1.82, 2.24) is 0 Å². The van der Waals surface area contributed by atoms with Gasteiger partial charge in [-0.25, -0.2) is 0 Å². The van der Waals surface area contributed by atoms with Crippen LogP contribution < -0.4 is 10.2 Å². The fraction of sp³-hybridized carbons (Fsp3) is 0.510. The molecule has 53 heavy (non-hydrogen) atoms. The van der Waals surface area contributed by atoms with Gasteiger partial charge in [-0.05, 0) is 129 Å². The van der Waals surface area contributed by atoms with Crippen LogP contribution in [-0.2, 0) is 34.6 Å². The summed E-state index contributed by atoms with van der Waals surface area (Å²) in [7, 11) is 0. The predicted octanol–water partition coefficient (Wildman–Crippen LogP) is 14.0. The summed E-state index contributed by atoms with van der Waals surface area (Å²) in [6, 6.07) is 26.2. The normalized spacial score (nSPS) is 13.6. The van der Waals surface area contributed by atoms with Gasteiger partial charge in [-0.15, -0.1) is 0 Å². The molecule has 4 rings (SSSR count). The lowest BCUT2D eigenvalue weighted by atomic mass is 9.78. The molecule has 4 nitrogen and oxygen atoms in total. The summed E-state index contributed by atoms with van der Waals surface area (Å²) in [5.74, 6) is 1.40. The van der Waals surface area contributed by atoms with E-state index in [1.54, 1.807) is 0 Å². The van der Waals surface area contributed by atoms with Crippen LogP contribution in [0.1, 0.15) is 151 Å². The van der Waals surface area contributed by atoms with Gasteiger partial charge in [-0.2, -0.15) is 0 Å². The van der Waals surface area contributed by atoms with E-state index in [9.17, 15) is 10.2 Å². The summed E-state index contributed by atoms with van der Waals surface area (Å²) in [5, 5.41) is 26.8. The fourth-order valence-corrected chi connectivity index (χ4v) is 7.50. The Morgan fingerprint density at radius 1 is 0.509 bits per heavy atom. The zero-order chi connectivity index (χ0) is 39.9. The highest BCUT2D eigenvalue weighted by molar-refractivity contribution is 5.71. The van der Waals surface area contributed by atoms with Crippen LogP contribution in [0.25, 0.3) is 0 Å². The van der Waals surface area contributed by atoms with Crippen LogP contribution >= 0.6 is 0 Å². The number of benzene rings is 4. The standard InChI is InChI=1S/C49H70N2O2/c1-32(30-45(2,3)4)25-33-17-19-35(20-18-33)50-36-21-23-37(24-22-36)51(38-28-41(48(11,12)13)44(53)42(29-38)49(14,15)16)31-34-26-39(46(5,6)7)43(52)40(27-34)47(8,9)10/h17-24,26-29,32,50,52-53H,25,30-31H2,1-16H3. The molecule has 0 spiro atoms. The molecular formula is C49H70N2O2. The minimum Gasteiger partial charge on any atom is -0.507 e. The first-order chi connectivity index (χ1) is 24.1. The van der Waals surface area contributed by atoms with Crippen molar-refractivity contribution in [2.24, 2.45) is 11.3 Å². The third kappa shape index (κ3) is 10.8. The van der Waals surface area contributed by atoms with Gasteiger partial charge in [0.2, 0.25) is 0 Å². The summed E-state index contributed by atoms with van der Waals surface area (Å²) < 4.78 is 0. The van der Waals surface area contributed by atoms with Crippen molar-refractivity contribution in [3.63, 3.8) is 0 Å². The van der Waals surface area contributed by atoms with Crippen molar-refractivity contribution < 1.29 is 10.2 Å². The van der Waals surface area contributed by atoms with Gasteiger partial charge in [0.05, 0.1) is 0 Å². The number of aromatic hydroxyl groups is 2. The van der Waals surface area contributed by atoms with E-state index < -0.39 is 0 Å². The number of rotatable bonds is 9. The van der Waals surface area contributed by atoms with E-state index >= 15 is 0 Å². The number of anilines is 4. The van der Waals surface area contributed by atoms with Gasteiger partial charge in [0.15, 0.2) is 0 Å². The molecule has 0 aliphatic rings. The molecule has 0 aliphatic heterocycles. The summed E-state index contributed by atoms with van der Waals surface area (Å²) in [4.78, 5) is 2.35. The van der Waals surface area contributed by atoms with Gasteiger partial charge in [0.1, 0.15) is 11.5 Å². The highest BCUT2D eigenvalue weighted by Crippen LogP contribution is 2.45. The van der Waals surface area contributed by atoms with Crippen LogP contribution in [0.15, 0.2) is 72.8 Å². The Balaban J connectivity index is 1.79. The van der Waals surface area contributed by atoms with E-state index in [0.29, 0.717) is 29.4 Å². The van der Waals surface area contributed by atoms with Gasteiger partial charge in [0, 0.05) is 40.4 Å². The predicted molar refractivity (Wildman–Crippen MR) is 230 cm³/mol. The fourth-order valence-electron chi connectivity index (χ4n) is 7.50. The molecule has 4 heteroatoms. The lowest BCUT2D eigenvalue weighted by molar-refractivity contribution is 0.306. The SMILES string of the molecule is CC(Cc1ccc(Nc2ccc(N(Cc3cc(C(C)(C)C)c(O)c(C(C)(C)C)c3)c3cc(C(C)(C)C)c(O)c(C(C)(C)C)c3)cc2)cc1)CC(C)(C)C. The largest absolute Gasteiger partial charge is 0.507 e. The van der Waals surface area contributed by atoms with Crippen molar-refractivity contribution in [2.75, 3.05) is 10.2 Å². The Morgan fingerprint density at radius 3 is 1.26 bits per heavy atom. The monoisotopic (exact) mass is 719 g/mol. The molecule has 0 fully saturated rings. The van der Waals surface area contributed by atoms with E-state index in [1.807, 2.05) is 0 Å². The highest BCUT2D eigenvalue weighted by atomic mass is 16.3. The van der Waals surface area contributed by atoms with Crippen LogP contribution in [0, 0.1) is 11.3 Å². The number of hydrogen-bond acceptors (Lipinski definition) is 4. The summed E-state index contributed by atoms with van der Waals surface area (Å²) in [5.41, 5.74) is 9.74. The van der Waals surface area contributed by atoms with Crippen molar-refractivity contribution in [3.8, 4) is 11.5 Å². The molecule has 0 bridgehead atoms. The van der Waals surface area contributed by atoms with Crippen molar-refractivity contribution >= 4 is 22.7 Å². The average Bonchev–Trinajstić information content (AvgIpc) is 2.99. The molecule has 1 unspecified atom stereocenters. The Bertz CT molecular complexity index is 1780. The van der Waals surface area contributed by atoms with E-state index in [2.05, 4.69) is 194 Å². The number of hydrogen-bond donors (Lipinski definition) is 3. The minimum atomic E-state index is -0.267. The molecule has 4 aromatic carbocycles. The second kappa shape index (κ2) is 15.1. The molecule has 4 aromatic rings. The quantitative estimate of drug-likeness (QED) is 0.161. The molecule has 0 radical (unpaired) electrons. The topological polar surface area (TPSA) is 55.7 Å². The van der Waals surface area contributed by atoms with Crippen molar-refractivity contribution in [1.29, 1.82) is 0 Å². The Morgan fingerprint density at radius 2 is 0.887 bits per heavy atom. The summed E-state index contributed by atoms with van der Waals surface area (Å²) in [6.07, 6.45) is 2.29. The minimum absolute atomic E-state index is 0.238. The zero-order valence-corrected chi connectivity index (χ0v) is 36.0. The summed E-state index contributed by atoms with van der Waals surface area (Å²) in [6.45, 7) is 35.8. The van der Waals surface area contributed by atoms with Gasteiger partial charge in [0.25, 0.3) is 0 Å². The second-order valence-corrected chi connectivity index (χ2v) is 21.0. The lowest BCUT2D eigenvalue weighted by Gasteiger charge is -2.33. The first kappa shape index (κ1) is 41.8. The molecule has 0 saturated heterocycles. The third-order valence-electron chi connectivity index (χ3n) is 10.1. The maximum absolute atomic E-state index is 11.6. The van der Waals surface area contributed by atoms with Gasteiger partial charge in [-0.3, -0.25) is 0 Å². The molecular weight excluding hydrogens is 649 g/mol. The first-order valence-electron chi connectivity index (χ1n) is 19.6. The van der Waals surface area contributed by atoms with Crippen LogP contribution in [0.2, 0.25) is 0 Å². The first-order valence-corrected chi connectivity index (χ1v) is 19.6. The van der Waals surface area contributed by atoms with Crippen LogP contribution in [0.4, 0.5) is 22.7 Å². The van der Waals surface area contributed by atoms with E-state index in [4.69, 9.17) is 0 Å². The van der Waals surface area contributed by atoms with Crippen LogP contribution in [-0.4, -0.2) is 10.2 Å². The smallest absolute Gasteiger partial charge is 0.123 e. The molecule has 3 N–H and O–H groups in total. The second-order valence-electron chi connectivity index (χ2n) is 21.0.